The fraction of sp³-hybridized carbons (Fsp3) is 0.529. The molecule has 1 amide bonds. The molecule has 24 heavy (non-hydrogen) atoms. The minimum absolute atomic E-state index is 0.0935. The van der Waals surface area contributed by atoms with Gasteiger partial charge in [-0.05, 0) is 41.5 Å². The molecule has 7 heteroatoms. The summed E-state index contributed by atoms with van der Waals surface area (Å²) in [4.78, 5) is 17.3. The summed E-state index contributed by atoms with van der Waals surface area (Å²) >= 11 is 0. The van der Waals surface area contributed by atoms with Gasteiger partial charge in [-0.1, -0.05) is 18.9 Å². The highest BCUT2D eigenvalue weighted by atomic mass is 16.2. The van der Waals surface area contributed by atoms with Crippen LogP contribution in [0.25, 0.3) is 5.69 Å². The highest BCUT2D eigenvalue weighted by Gasteiger charge is 2.28. The van der Waals surface area contributed by atoms with Crippen LogP contribution in [-0.2, 0) is 0 Å². The number of piperazine rings is 1. The fourth-order valence-electron chi connectivity index (χ4n) is 3.80. The van der Waals surface area contributed by atoms with Gasteiger partial charge in [0.25, 0.3) is 5.91 Å². The second-order valence-corrected chi connectivity index (χ2v) is 6.57. The predicted octanol–water partition coefficient (Wildman–Crippen LogP) is 1.36. The van der Waals surface area contributed by atoms with E-state index in [-0.39, 0.29) is 5.91 Å². The van der Waals surface area contributed by atoms with Gasteiger partial charge in [-0.15, -0.1) is 5.10 Å². The van der Waals surface area contributed by atoms with Crippen LogP contribution in [0.1, 0.15) is 36.0 Å². The summed E-state index contributed by atoms with van der Waals surface area (Å²) in [5.74, 6) is 0.0935. The molecule has 0 atom stereocenters. The van der Waals surface area contributed by atoms with E-state index in [2.05, 4.69) is 20.4 Å². The highest BCUT2D eigenvalue weighted by Crippen LogP contribution is 2.24. The number of tetrazole rings is 1. The monoisotopic (exact) mass is 326 g/mol. The molecule has 2 aromatic rings. The van der Waals surface area contributed by atoms with Gasteiger partial charge in [0.15, 0.2) is 0 Å². The lowest BCUT2D eigenvalue weighted by Gasteiger charge is -2.38. The van der Waals surface area contributed by atoms with Crippen LogP contribution in [0.5, 0.6) is 0 Å². The first-order chi connectivity index (χ1) is 11.8. The van der Waals surface area contributed by atoms with E-state index in [1.54, 1.807) is 4.68 Å². The average molecular weight is 326 g/mol. The van der Waals surface area contributed by atoms with Crippen LogP contribution in [0.2, 0.25) is 0 Å². The molecule has 0 unspecified atom stereocenters. The SMILES string of the molecule is O=C(c1cccc(-n2cnnn2)c1)N1CCN(C2CCCC2)CC1. The Balaban J connectivity index is 1.42. The molecule has 4 rings (SSSR count). The molecule has 1 aliphatic heterocycles. The smallest absolute Gasteiger partial charge is 0.254 e. The highest BCUT2D eigenvalue weighted by molar-refractivity contribution is 5.94. The van der Waals surface area contributed by atoms with E-state index in [9.17, 15) is 4.79 Å². The summed E-state index contributed by atoms with van der Waals surface area (Å²) in [7, 11) is 0. The third-order valence-corrected chi connectivity index (χ3v) is 5.15. The molecule has 7 nitrogen and oxygen atoms in total. The van der Waals surface area contributed by atoms with Crippen LogP contribution in [0.4, 0.5) is 0 Å². The van der Waals surface area contributed by atoms with Crippen molar-refractivity contribution in [1.29, 1.82) is 0 Å². The van der Waals surface area contributed by atoms with Crippen molar-refractivity contribution in [3.05, 3.63) is 36.2 Å². The number of carbonyl (C=O) groups is 1. The topological polar surface area (TPSA) is 67.2 Å². The summed E-state index contributed by atoms with van der Waals surface area (Å²) in [5.41, 5.74) is 1.49. The van der Waals surface area contributed by atoms with Crippen LogP contribution in [0.3, 0.4) is 0 Å². The van der Waals surface area contributed by atoms with Crippen molar-refractivity contribution in [2.45, 2.75) is 31.7 Å². The Bertz CT molecular complexity index is 687. The minimum Gasteiger partial charge on any atom is -0.336 e. The zero-order valence-corrected chi connectivity index (χ0v) is 13.7. The first-order valence-corrected chi connectivity index (χ1v) is 8.68. The maximum Gasteiger partial charge on any atom is 0.254 e. The zero-order valence-electron chi connectivity index (χ0n) is 13.7. The molecule has 1 saturated heterocycles. The van der Waals surface area contributed by atoms with Gasteiger partial charge in [0.1, 0.15) is 6.33 Å². The number of aromatic nitrogens is 4. The first kappa shape index (κ1) is 15.3. The Kier molecular flexibility index (Phi) is 4.25. The lowest BCUT2D eigenvalue weighted by molar-refractivity contribution is 0.0573. The van der Waals surface area contributed by atoms with Crippen molar-refractivity contribution >= 4 is 5.91 Å². The maximum atomic E-state index is 12.8. The second-order valence-electron chi connectivity index (χ2n) is 6.57. The van der Waals surface area contributed by atoms with Gasteiger partial charge in [-0.25, -0.2) is 4.68 Å². The summed E-state index contributed by atoms with van der Waals surface area (Å²) in [6.07, 6.45) is 6.88. The van der Waals surface area contributed by atoms with E-state index in [1.165, 1.54) is 32.0 Å². The Morgan fingerprint density at radius 3 is 2.58 bits per heavy atom. The number of hydrogen-bond acceptors (Lipinski definition) is 5. The van der Waals surface area contributed by atoms with Crippen molar-refractivity contribution in [1.82, 2.24) is 30.0 Å². The number of carbonyl (C=O) groups excluding carboxylic acids is 1. The van der Waals surface area contributed by atoms with Crippen LogP contribution < -0.4 is 0 Å². The molecule has 126 valence electrons. The van der Waals surface area contributed by atoms with Gasteiger partial charge in [-0.2, -0.15) is 0 Å². The van der Waals surface area contributed by atoms with Crippen molar-refractivity contribution in [2.75, 3.05) is 26.2 Å². The Hall–Kier alpha value is -2.28. The van der Waals surface area contributed by atoms with E-state index in [0.717, 1.165) is 37.9 Å². The number of rotatable bonds is 3. The normalized spacial score (nSPS) is 19.8. The maximum absolute atomic E-state index is 12.8. The molecular formula is C17H22N6O. The Morgan fingerprint density at radius 1 is 1.08 bits per heavy atom. The molecular weight excluding hydrogens is 304 g/mol. The quantitative estimate of drug-likeness (QED) is 0.852. The van der Waals surface area contributed by atoms with Crippen molar-refractivity contribution in [3.63, 3.8) is 0 Å². The molecule has 0 N–H and O–H groups in total. The molecule has 2 aliphatic rings. The largest absolute Gasteiger partial charge is 0.336 e. The van der Waals surface area contributed by atoms with E-state index in [4.69, 9.17) is 0 Å². The van der Waals surface area contributed by atoms with Gasteiger partial charge in [0.05, 0.1) is 5.69 Å². The average Bonchev–Trinajstić information content (AvgIpc) is 3.35. The lowest BCUT2D eigenvalue weighted by atomic mass is 10.1. The third-order valence-electron chi connectivity index (χ3n) is 5.15. The second kappa shape index (κ2) is 6.68. The molecule has 2 fully saturated rings. The van der Waals surface area contributed by atoms with E-state index in [0.29, 0.717) is 5.56 Å². The van der Waals surface area contributed by atoms with Crippen LogP contribution in [0.15, 0.2) is 30.6 Å². The van der Waals surface area contributed by atoms with E-state index < -0.39 is 0 Å². The number of hydrogen-bond donors (Lipinski definition) is 0. The lowest BCUT2D eigenvalue weighted by Crippen LogP contribution is -2.51. The Morgan fingerprint density at radius 2 is 1.88 bits per heavy atom. The van der Waals surface area contributed by atoms with Crippen LogP contribution >= 0.6 is 0 Å². The zero-order chi connectivity index (χ0) is 16.4. The summed E-state index contributed by atoms with van der Waals surface area (Å²) < 4.78 is 1.56. The summed E-state index contributed by atoms with van der Waals surface area (Å²) in [5, 5.41) is 11.2. The third kappa shape index (κ3) is 3.03. The van der Waals surface area contributed by atoms with E-state index in [1.807, 2.05) is 29.2 Å². The van der Waals surface area contributed by atoms with Gasteiger partial charge >= 0.3 is 0 Å². The van der Waals surface area contributed by atoms with Crippen LogP contribution in [0, 0.1) is 0 Å². The minimum atomic E-state index is 0.0935. The Labute approximate surface area is 141 Å². The van der Waals surface area contributed by atoms with Crippen molar-refractivity contribution in [3.8, 4) is 5.69 Å². The molecule has 0 spiro atoms. The van der Waals surface area contributed by atoms with Crippen molar-refractivity contribution in [2.24, 2.45) is 0 Å². The van der Waals surface area contributed by atoms with E-state index >= 15 is 0 Å². The molecule has 0 bridgehead atoms. The molecule has 1 saturated carbocycles. The molecule has 0 radical (unpaired) electrons. The molecule has 1 aromatic heterocycles. The fourth-order valence-corrected chi connectivity index (χ4v) is 3.80. The number of benzene rings is 1. The van der Waals surface area contributed by atoms with Gasteiger partial charge in [0.2, 0.25) is 0 Å². The predicted molar refractivity (Wildman–Crippen MR) is 88.9 cm³/mol. The van der Waals surface area contributed by atoms with Gasteiger partial charge in [-0.3, -0.25) is 9.69 Å². The number of nitrogens with zero attached hydrogens (tertiary/aromatic N) is 6. The van der Waals surface area contributed by atoms with Crippen LogP contribution in [-0.4, -0.2) is 68.1 Å². The van der Waals surface area contributed by atoms with Gasteiger partial charge in [0, 0.05) is 37.8 Å². The number of amides is 1. The molecule has 2 heterocycles. The standard InChI is InChI=1S/C17H22N6O/c24-17(14-4-3-7-16(12-14)23-13-18-19-20-23)22-10-8-21(9-11-22)15-5-1-2-6-15/h3-4,7,12-13,15H,1-2,5-6,8-11H2. The van der Waals surface area contributed by atoms with Crippen molar-refractivity contribution < 1.29 is 4.79 Å². The molecule has 1 aromatic carbocycles. The molecule has 1 aliphatic carbocycles. The first-order valence-electron chi connectivity index (χ1n) is 8.68. The summed E-state index contributed by atoms with van der Waals surface area (Å²) in [6.45, 7) is 3.60. The summed E-state index contributed by atoms with van der Waals surface area (Å²) in [6, 6.07) is 8.22. The van der Waals surface area contributed by atoms with Gasteiger partial charge < -0.3 is 4.90 Å².